The van der Waals surface area contributed by atoms with Crippen LogP contribution in [0.3, 0.4) is 0 Å². The van der Waals surface area contributed by atoms with E-state index < -0.39 is 29.7 Å². The molecule has 2 N–H and O–H groups in total. The number of phenols is 1. The summed E-state index contributed by atoms with van der Waals surface area (Å²) in [5.74, 6) is -2.78. The van der Waals surface area contributed by atoms with Crippen LogP contribution in [0.4, 0.5) is 9.18 Å². The van der Waals surface area contributed by atoms with E-state index in [2.05, 4.69) is 0 Å². The molecule has 1 aliphatic carbocycles. The Morgan fingerprint density at radius 1 is 1.03 bits per heavy atom. The normalized spacial score (nSPS) is 13.2. The first-order valence-corrected chi connectivity index (χ1v) is 9.67. The van der Waals surface area contributed by atoms with Gasteiger partial charge in [-0.25, -0.2) is 14.0 Å². The quantitative estimate of drug-likeness (QED) is 0.632. The smallest absolute Gasteiger partial charge is 0.410 e. The van der Waals surface area contributed by atoms with Gasteiger partial charge in [-0.05, 0) is 39.9 Å². The van der Waals surface area contributed by atoms with Gasteiger partial charge >= 0.3 is 12.1 Å². The summed E-state index contributed by atoms with van der Waals surface area (Å²) in [6.07, 6.45) is -0.863. The fraction of sp³-hybridized carbons (Fsp3) is 0.167. The standard InChI is InChI=1S/C24H20FNO5/c1-26(22(23(28)29)14-10-15(25)12-16(27)11-14)24(30)31-13-21-19-8-4-2-6-17(19)18-7-3-5-9-20(18)21/h2-12,21-22,27H,13H2,1H3,(H,28,29). The number of fused-ring (bicyclic) bond motifs is 3. The van der Waals surface area contributed by atoms with Gasteiger partial charge in [0.15, 0.2) is 6.04 Å². The number of halogens is 1. The molecule has 6 nitrogen and oxygen atoms in total. The van der Waals surface area contributed by atoms with Gasteiger partial charge in [0.2, 0.25) is 0 Å². The molecular weight excluding hydrogens is 401 g/mol. The van der Waals surface area contributed by atoms with Crippen molar-refractivity contribution in [1.82, 2.24) is 4.90 Å². The van der Waals surface area contributed by atoms with Crippen LogP contribution in [0.1, 0.15) is 28.7 Å². The molecule has 0 bridgehead atoms. The highest BCUT2D eigenvalue weighted by Gasteiger charge is 2.33. The Hall–Kier alpha value is -3.87. The number of likely N-dealkylation sites (N-methyl/N-ethyl adjacent to an activating group) is 1. The van der Waals surface area contributed by atoms with Gasteiger partial charge in [-0.3, -0.25) is 4.90 Å². The fourth-order valence-corrected chi connectivity index (χ4v) is 4.09. The van der Waals surface area contributed by atoms with Crippen molar-refractivity contribution in [3.05, 3.63) is 89.2 Å². The van der Waals surface area contributed by atoms with Crippen molar-refractivity contribution in [2.45, 2.75) is 12.0 Å². The molecule has 0 fully saturated rings. The van der Waals surface area contributed by atoms with Crippen LogP contribution in [0.15, 0.2) is 66.7 Å². The zero-order valence-electron chi connectivity index (χ0n) is 16.7. The highest BCUT2D eigenvalue weighted by atomic mass is 19.1. The summed E-state index contributed by atoms with van der Waals surface area (Å²) in [7, 11) is 1.26. The molecular formula is C24H20FNO5. The third-order valence-electron chi connectivity index (χ3n) is 5.47. The Kier molecular flexibility index (Phi) is 5.33. The number of benzene rings is 3. The Morgan fingerprint density at radius 2 is 1.61 bits per heavy atom. The number of carbonyl (C=O) groups excluding carboxylic acids is 1. The third-order valence-corrected chi connectivity index (χ3v) is 5.47. The van der Waals surface area contributed by atoms with Crippen LogP contribution in [0.25, 0.3) is 11.1 Å². The number of rotatable bonds is 5. The monoisotopic (exact) mass is 421 g/mol. The molecule has 0 aliphatic heterocycles. The van der Waals surface area contributed by atoms with Gasteiger partial charge in [0.05, 0.1) is 0 Å². The second-order valence-corrected chi connectivity index (χ2v) is 7.40. The lowest BCUT2D eigenvalue weighted by Crippen LogP contribution is -2.36. The summed E-state index contributed by atoms with van der Waals surface area (Å²) in [5, 5.41) is 19.2. The van der Waals surface area contributed by atoms with Gasteiger partial charge in [-0.15, -0.1) is 0 Å². The summed E-state index contributed by atoms with van der Waals surface area (Å²) in [5.41, 5.74) is 4.14. The van der Waals surface area contributed by atoms with Crippen LogP contribution in [-0.2, 0) is 9.53 Å². The van der Waals surface area contributed by atoms with Gasteiger partial charge in [0.25, 0.3) is 0 Å². The minimum Gasteiger partial charge on any atom is -0.508 e. The SMILES string of the molecule is CN(C(=O)OCC1c2ccccc2-c2ccccc21)C(C(=O)O)c1cc(O)cc(F)c1. The molecule has 0 aromatic heterocycles. The van der Waals surface area contributed by atoms with Crippen LogP contribution < -0.4 is 0 Å². The van der Waals surface area contributed by atoms with E-state index in [0.29, 0.717) is 0 Å². The van der Waals surface area contributed by atoms with Crippen molar-refractivity contribution in [2.24, 2.45) is 0 Å². The summed E-state index contributed by atoms with van der Waals surface area (Å²) < 4.78 is 19.1. The Balaban J connectivity index is 1.55. The molecule has 1 atom stereocenters. The fourth-order valence-electron chi connectivity index (χ4n) is 4.09. The Morgan fingerprint density at radius 3 is 2.16 bits per heavy atom. The summed E-state index contributed by atoms with van der Waals surface area (Å²) in [6, 6.07) is 17.1. The maximum atomic E-state index is 13.7. The zero-order chi connectivity index (χ0) is 22.1. The number of carboxylic acid groups (broad SMARTS) is 1. The largest absolute Gasteiger partial charge is 0.508 e. The number of amides is 1. The van der Waals surface area contributed by atoms with Crippen LogP contribution in [0, 0.1) is 5.82 Å². The second-order valence-electron chi connectivity index (χ2n) is 7.40. The maximum Gasteiger partial charge on any atom is 0.410 e. The van der Waals surface area contributed by atoms with E-state index in [1.165, 1.54) is 7.05 Å². The summed E-state index contributed by atoms with van der Waals surface area (Å²) >= 11 is 0. The van der Waals surface area contributed by atoms with Crippen molar-refractivity contribution in [3.63, 3.8) is 0 Å². The molecule has 1 unspecified atom stereocenters. The molecule has 158 valence electrons. The highest BCUT2D eigenvalue weighted by Crippen LogP contribution is 2.44. The number of carboxylic acids is 1. The van der Waals surface area contributed by atoms with Gasteiger partial charge in [-0.1, -0.05) is 48.5 Å². The minimum atomic E-state index is -1.52. The predicted octanol–water partition coefficient (Wildman–Crippen LogP) is 4.54. The molecule has 7 heteroatoms. The van der Waals surface area contributed by atoms with E-state index in [-0.39, 0.29) is 18.1 Å². The van der Waals surface area contributed by atoms with E-state index in [1.54, 1.807) is 0 Å². The first kappa shape index (κ1) is 20.4. The first-order valence-electron chi connectivity index (χ1n) is 9.67. The van der Waals surface area contributed by atoms with Crippen LogP contribution in [0.5, 0.6) is 5.75 Å². The molecule has 0 saturated heterocycles. The average Bonchev–Trinajstić information content (AvgIpc) is 3.05. The lowest BCUT2D eigenvalue weighted by molar-refractivity contribution is -0.142. The first-order chi connectivity index (χ1) is 14.9. The molecule has 0 saturated carbocycles. The molecule has 0 heterocycles. The van der Waals surface area contributed by atoms with E-state index in [0.717, 1.165) is 45.4 Å². The molecule has 4 rings (SSSR count). The van der Waals surface area contributed by atoms with Crippen molar-refractivity contribution >= 4 is 12.1 Å². The van der Waals surface area contributed by atoms with Crippen LogP contribution in [-0.4, -0.2) is 40.8 Å². The van der Waals surface area contributed by atoms with Crippen LogP contribution >= 0.6 is 0 Å². The topological polar surface area (TPSA) is 87.1 Å². The highest BCUT2D eigenvalue weighted by molar-refractivity contribution is 5.82. The van der Waals surface area contributed by atoms with E-state index >= 15 is 0 Å². The molecule has 31 heavy (non-hydrogen) atoms. The number of hydrogen-bond donors (Lipinski definition) is 2. The zero-order valence-corrected chi connectivity index (χ0v) is 16.7. The minimum absolute atomic E-state index is 0.0257. The molecule has 3 aromatic rings. The maximum absolute atomic E-state index is 13.7. The number of nitrogens with zero attached hydrogens (tertiary/aromatic N) is 1. The van der Waals surface area contributed by atoms with Crippen molar-refractivity contribution < 1.29 is 28.9 Å². The van der Waals surface area contributed by atoms with Crippen molar-refractivity contribution in [2.75, 3.05) is 13.7 Å². The van der Waals surface area contributed by atoms with Crippen LogP contribution in [0.2, 0.25) is 0 Å². The number of phenolic OH excluding ortho intramolecular Hbond substituents is 1. The molecule has 3 aromatic carbocycles. The van der Waals surface area contributed by atoms with E-state index in [1.807, 2.05) is 48.5 Å². The van der Waals surface area contributed by atoms with Gasteiger partial charge in [-0.2, -0.15) is 0 Å². The predicted molar refractivity (Wildman–Crippen MR) is 111 cm³/mol. The molecule has 0 radical (unpaired) electrons. The number of ether oxygens (including phenoxy) is 1. The lowest BCUT2D eigenvalue weighted by Gasteiger charge is -2.25. The van der Waals surface area contributed by atoms with Gasteiger partial charge in [0.1, 0.15) is 18.2 Å². The Bertz CT molecular complexity index is 1100. The number of hydrogen-bond acceptors (Lipinski definition) is 4. The van der Waals surface area contributed by atoms with E-state index in [9.17, 15) is 24.2 Å². The van der Waals surface area contributed by atoms with Gasteiger partial charge < -0.3 is 14.9 Å². The number of aliphatic carboxylic acids is 1. The van der Waals surface area contributed by atoms with E-state index in [4.69, 9.17) is 4.74 Å². The third kappa shape index (κ3) is 3.82. The molecule has 0 spiro atoms. The molecule has 1 amide bonds. The second kappa shape index (κ2) is 8.10. The average molecular weight is 421 g/mol. The Labute approximate surface area is 178 Å². The number of aromatic hydroxyl groups is 1. The van der Waals surface area contributed by atoms with Crippen molar-refractivity contribution in [3.8, 4) is 16.9 Å². The summed E-state index contributed by atoms with van der Waals surface area (Å²) in [4.78, 5) is 25.4. The van der Waals surface area contributed by atoms with Gasteiger partial charge in [0, 0.05) is 19.0 Å². The van der Waals surface area contributed by atoms with Crippen molar-refractivity contribution in [1.29, 1.82) is 0 Å². The number of carbonyl (C=O) groups is 2. The molecule has 1 aliphatic rings. The lowest BCUT2D eigenvalue weighted by atomic mass is 9.98. The summed E-state index contributed by atoms with van der Waals surface area (Å²) in [6.45, 7) is 0.0257.